The van der Waals surface area contributed by atoms with Gasteiger partial charge in [0.2, 0.25) is 0 Å². The molecule has 2 aliphatic heterocycles. The molecule has 0 aromatic carbocycles. The number of ether oxygens (including phenoxy) is 2. The van der Waals surface area contributed by atoms with Crippen molar-refractivity contribution < 1.29 is 9.47 Å². The van der Waals surface area contributed by atoms with Gasteiger partial charge in [0.05, 0.1) is 31.0 Å². The molecule has 2 unspecified atom stereocenters. The summed E-state index contributed by atoms with van der Waals surface area (Å²) >= 11 is 0. The Morgan fingerprint density at radius 3 is 1.81 bits per heavy atom. The van der Waals surface area contributed by atoms with E-state index in [2.05, 4.69) is 16.9 Å². The van der Waals surface area contributed by atoms with Gasteiger partial charge in [-0.15, -0.1) is 0 Å². The lowest BCUT2D eigenvalue weighted by Gasteiger charge is -2.35. The highest BCUT2D eigenvalue weighted by atomic mass is 16.6. The summed E-state index contributed by atoms with van der Waals surface area (Å²) in [4.78, 5) is 41.0. The second-order valence-corrected chi connectivity index (χ2v) is 7.55. The van der Waals surface area contributed by atoms with E-state index >= 15 is 0 Å². The third-order valence-corrected chi connectivity index (χ3v) is 5.46. The molecule has 26 heavy (non-hydrogen) atoms. The van der Waals surface area contributed by atoms with Gasteiger partial charge in [0.1, 0.15) is 0 Å². The molecule has 0 amide bonds. The summed E-state index contributed by atoms with van der Waals surface area (Å²) in [6.45, 7) is 3.71. The van der Waals surface area contributed by atoms with E-state index in [4.69, 9.17) is 9.47 Å². The van der Waals surface area contributed by atoms with Crippen LogP contribution in [0.4, 0.5) is 0 Å². The zero-order valence-electron chi connectivity index (χ0n) is 15.4. The average molecular weight is 367 g/mol. The fourth-order valence-electron chi connectivity index (χ4n) is 3.86. The number of epoxide rings is 2. The number of nitrogens with zero attached hydrogens (tertiary/aromatic N) is 1. The van der Waals surface area contributed by atoms with E-state index in [0.29, 0.717) is 12.2 Å². The molecule has 1 aromatic rings. The molecule has 0 aliphatic carbocycles. The van der Waals surface area contributed by atoms with Gasteiger partial charge in [-0.25, -0.2) is 19.0 Å². The van der Waals surface area contributed by atoms with Crippen LogP contribution in [-0.4, -0.2) is 40.0 Å². The van der Waals surface area contributed by atoms with Crippen molar-refractivity contribution in [3.05, 3.63) is 31.5 Å². The van der Waals surface area contributed by atoms with Crippen LogP contribution in [0.25, 0.3) is 0 Å². The smallest absolute Gasteiger partial charge is 0.334 e. The molecule has 146 valence electrons. The molecule has 0 saturated carbocycles. The van der Waals surface area contributed by atoms with E-state index in [1.807, 2.05) is 0 Å². The maximum Gasteiger partial charge on any atom is 0.334 e. The number of nitrogens with one attached hydrogen (secondary N) is 2. The molecule has 8 nitrogen and oxygen atoms in total. The van der Waals surface area contributed by atoms with Gasteiger partial charge in [0, 0.05) is 0 Å². The molecule has 2 atom stereocenters. The van der Waals surface area contributed by atoms with E-state index in [1.165, 1.54) is 4.57 Å². The molecule has 2 saturated heterocycles. The quantitative estimate of drug-likeness (QED) is 0.540. The molecule has 8 heteroatoms. The monoisotopic (exact) mass is 367 g/mol. The fraction of sp³-hybridized carbons (Fsp3) is 0.833. The van der Waals surface area contributed by atoms with E-state index < -0.39 is 22.6 Å². The summed E-state index contributed by atoms with van der Waals surface area (Å²) in [6.07, 6.45) is 8.41. The summed E-state index contributed by atoms with van der Waals surface area (Å²) in [5.41, 5.74) is -2.55. The summed E-state index contributed by atoms with van der Waals surface area (Å²) in [5.74, 6) is 0. The number of aromatic nitrogens is 3. The number of H-pyrrole nitrogens is 2. The second-order valence-electron chi connectivity index (χ2n) is 7.55. The van der Waals surface area contributed by atoms with Gasteiger partial charge < -0.3 is 9.47 Å². The third kappa shape index (κ3) is 4.94. The van der Waals surface area contributed by atoms with Crippen molar-refractivity contribution >= 4 is 0 Å². The lowest BCUT2D eigenvalue weighted by atomic mass is 9.81. The van der Waals surface area contributed by atoms with Crippen LogP contribution in [0.15, 0.2) is 14.4 Å². The van der Waals surface area contributed by atoms with E-state index in [9.17, 15) is 14.4 Å². The standard InChI is InChI=1S/C18H29N3O5/c1-2-3-8-18(9-4-6-13-11-25-13,10-5-7-14-12-26-14)21-16(23)19-15(22)20-17(21)24/h13-14H,2-12H2,1H3,(H2,19,20,22,23,24). The van der Waals surface area contributed by atoms with Crippen molar-refractivity contribution in [2.75, 3.05) is 13.2 Å². The Morgan fingerprint density at radius 2 is 1.38 bits per heavy atom. The minimum absolute atomic E-state index is 0.323. The molecule has 2 N–H and O–H groups in total. The molecule has 3 rings (SSSR count). The van der Waals surface area contributed by atoms with Gasteiger partial charge in [-0.1, -0.05) is 19.8 Å². The van der Waals surface area contributed by atoms with E-state index in [0.717, 1.165) is 71.0 Å². The highest BCUT2D eigenvalue weighted by Gasteiger charge is 2.36. The molecule has 2 aliphatic rings. The first-order chi connectivity index (χ1) is 12.5. The summed E-state index contributed by atoms with van der Waals surface area (Å²) < 4.78 is 11.9. The highest BCUT2D eigenvalue weighted by molar-refractivity contribution is 4.91. The van der Waals surface area contributed by atoms with Crippen molar-refractivity contribution in [2.24, 2.45) is 0 Å². The number of unbranched alkanes of at least 4 members (excludes halogenated alkanes) is 1. The maximum absolute atomic E-state index is 12.5. The van der Waals surface area contributed by atoms with Gasteiger partial charge in [-0.05, 0) is 44.9 Å². The Labute approximate surface area is 151 Å². The fourth-order valence-corrected chi connectivity index (χ4v) is 3.86. The molecular formula is C18H29N3O5. The van der Waals surface area contributed by atoms with Gasteiger partial charge in [0.15, 0.2) is 0 Å². The Morgan fingerprint density at radius 1 is 0.923 bits per heavy atom. The van der Waals surface area contributed by atoms with Gasteiger partial charge in [0.25, 0.3) is 0 Å². The normalized spacial score (nSPS) is 23.6. The van der Waals surface area contributed by atoms with Gasteiger partial charge in [-0.2, -0.15) is 0 Å². The third-order valence-electron chi connectivity index (χ3n) is 5.46. The Balaban J connectivity index is 1.87. The zero-order valence-corrected chi connectivity index (χ0v) is 15.4. The van der Waals surface area contributed by atoms with Crippen LogP contribution in [0.3, 0.4) is 0 Å². The van der Waals surface area contributed by atoms with Crippen LogP contribution < -0.4 is 17.1 Å². The SMILES string of the molecule is CCCCC(CCCC1CO1)(CCCC1CO1)n1c(=O)[nH]c(=O)[nH]c1=O. The molecule has 0 radical (unpaired) electrons. The van der Waals surface area contributed by atoms with Crippen LogP contribution in [0.5, 0.6) is 0 Å². The zero-order chi connectivity index (χ0) is 18.6. The molecule has 2 fully saturated rings. The minimum atomic E-state index is -0.751. The average Bonchev–Trinajstić information content (AvgIpc) is 3.46. The topological polar surface area (TPSA) is 113 Å². The molecule has 0 bridgehead atoms. The van der Waals surface area contributed by atoms with Gasteiger partial charge in [-0.3, -0.25) is 9.97 Å². The molecule has 1 aromatic heterocycles. The number of aromatic amines is 2. The van der Waals surface area contributed by atoms with Crippen molar-refractivity contribution in [1.29, 1.82) is 0 Å². The number of rotatable bonds is 12. The van der Waals surface area contributed by atoms with Crippen LogP contribution in [0, 0.1) is 0 Å². The largest absolute Gasteiger partial charge is 0.373 e. The first-order valence-electron chi connectivity index (χ1n) is 9.73. The van der Waals surface area contributed by atoms with Crippen LogP contribution in [0.1, 0.15) is 64.7 Å². The predicted molar refractivity (Wildman–Crippen MR) is 96.6 cm³/mol. The first-order valence-corrected chi connectivity index (χ1v) is 9.73. The van der Waals surface area contributed by atoms with Crippen molar-refractivity contribution in [3.8, 4) is 0 Å². The van der Waals surface area contributed by atoms with Crippen molar-refractivity contribution in [2.45, 2.75) is 82.5 Å². The minimum Gasteiger partial charge on any atom is -0.373 e. The summed E-state index contributed by atoms with van der Waals surface area (Å²) in [7, 11) is 0. The van der Waals surface area contributed by atoms with E-state index in [-0.39, 0.29) is 0 Å². The van der Waals surface area contributed by atoms with Crippen LogP contribution >= 0.6 is 0 Å². The van der Waals surface area contributed by atoms with E-state index in [1.54, 1.807) is 0 Å². The second kappa shape index (κ2) is 8.35. The predicted octanol–water partition coefficient (Wildman–Crippen LogP) is 1.25. The van der Waals surface area contributed by atoms with Crippen LogP contribution in [-0.2, 0) is 15.0 Å². The highest BCUT2D eigenvalue weighted by Crippen LogP contribution is 2.35. The van der Waals surface area contributed by atoms with Crippen LogP contribution in [0.2, 0.25) is 0 Å². The first kappa shape index (κ1) is 19.1. The molecule has 0 spiro atoms. The van der Waals surface area contributed by atoms with Crippen molar-refractivity contribution in [1.82, 2.24) is 14.5 Å². The lowest BCUT2D eigenvalue weighted by molar-refractivity contribution is 0.179. The molecule has 3 heterocycles. The number of hydrogen-bond acceptors (Lipinski definition) is 5. The number of hydrogen-bond donors (Lipinski definition) is 2. The Bertz CT molecular complexity index is 705. The summed E-state index contributed by atoms with van der Waals surface area (Å²) in [6, 6.07) is 0. The molecular weight excluding hydrogens is 338 g/mol. The Kier molecular flexibility index (Phi) is 6.13. The Hall–Kier alpha value is -1.67. The summed E-state index contributed by atoms with van der Waals surface area (Å²) in [5, 5.41) is 0. The maximum atomic E-state index is 12.5. The van der Waals surface area contributed by atoms with Crippen molar-refractivity contribution in [3.63, 3.8) is 0 Å². The lowest BCUT2D eigenvalue weighted by Crippen LogP contribution is -2.53. The van der Waals surface area contributed by atoms with Gasteiger partial charge >= 0.3 is 17.1 Å².